The summed E-state index contributed by atoms with van der Waals surface area (Å²) in [6, 6.07) is 0. The van der Waals surface area contributed by atoms with Crippen molar-refractivity contribution >= 4 is 5.97 Å². The van der Waals surface area contributed by atoms with Gasteiger partial charge < -0.3 is 10.2 Å². The molecule has 0 aliphatic heterocycles. The lowest BCUT2D eigenvalue weighted by Crippen LogP contribution is -2.18. The maximum atomic E-state index is 11.1. The second-order valence-electron chi connectivity index (χ2n) is 4.41. The van der Waals surface area contributed by atoms with Gasteiger partial charge in [-0.15, -0.1) is 5.10 Å². The zero-order chi connectivity index (χ0) is 12.3. The van der Waals surface area contributed by atoms with Gasteiger partial charge in [-0.1, -0.05) is 11.6 Å². The average molecular weight is 239 g/mol. The molecule has 1 aliphatic carbocycles. The molecular formula is C11H17N3O3. The van der Waals surface area contributed by atoms with E-state index in [2.05, 4.69) is 10.3 Å². The van der Waals surface area contributed by atoms with E-state index in [1.54, 1.807) is 4.68 Å². The number of hydrogen-bond donors (Lipinski definition) is 2. The molecular weight excluding hydrogens is 222 g/mol. The monoisotopic (exact) mass is 239 g/mol. The van der Waals surface area contributed by atoms with Crippen molar-refractivity contribution < 1.29 is 15.0 Å². The molecule has 6 heteroatoms. The first-order chi connectivity index (χ1) is 8.24. The van der Waals surface area contributed by atoms with Gasteiger partial charge in [0, 0.05) is 19.1 Å². The molecule has 1 heterocycles. The topological polar surface area (TPSA) is 88.2 Å². The smallest absolute Gasteiger partial charge is 0.358 e. The summed E-state index contributed by atoms with van der Waals surface area (Å²) in [7, 11) is 0. The molecule has 0 atom stereocenters. The van der Waals surface area contributed by atoms with Crippen LogP contribution in [0.4, 0.5) is 0 Å². The van der Waals surface area contributed by atoms with E-state index in [-0.39, 0.29) is 12.3 Å². The van der Waals surface area contributed by atoms with Crippen LogP contribution in [0.25, 0.3) is 0 Å². The minimum atomic E-state index is -1.000. The normalized spacial score (nSPS) is 15.8. The first-order valence-electron chi connectivity index (χ1n) is 6.01. The molecule has 1 aromatic rings. The highest BCUT2D eigenvalue weighted by Gasteiger charge is 2.30. The number of aryl methyl sites for hydroxylation is 1. The molecule has 0 aromatic carbocycles. The lowest BCUT2D eigenvalue weighted by atomic mass is 9.82. The predicted octanol–water partition coefficient (Wildman–Crippen LogP) is 1.02. The third-order valence-electron chi connectivity index (χ3n) is 3.25. The molecule has 1 aliphatic rings. The van der Waals surface area contributed by atoms with Crippen LogP contribution in [0, 0.1) is 0 Å². The number of unbranched alkanes of at least 4 members (excludes halogenated alkanes) is 1. The van der Waals surface area contributed by atoms with E-state index in [9.17, 15) is 4.79 Å². The summed E-state index contributed by atoms with van der Waals surface area (Å²) in [4.78, 5) is 11.1. The average Bonchev–Trinajstić information content (AvgIpc) is 2.60. The van der Waals surface area contributed by atoms with E-state index in [4.69, 9.17) is 10.2 Å². The van der Waals surface area contributed by atoms with Gasteiger partial charge in [0.1, 0.15) is 0 Å². The van der Waals surface area contributed by atoms with Crippen molar-refractivity contribution in [3.8, 4) is 0 Å². The number of carboxylic acids is 1. The summed E-state index contributed by atoms with van der Waals surface area (Å²) < 4.78 is 1.70. The Morgan fingerprint density at radius 1 is 1.41 bits per heavy atom. The van der Waals surface area contributed by atoms with Crippen LogP contribution in [-0.4, -0.2) is 37.8 Å². The number of carboxylic acid groups (broad SMARTS) is 1. The summed E-state index contributed by atoms with van der Waals surface area (Å²) in [5.74, 6) is -0.703. The van der Waals surface area contributed by atoms with E-state index in [1.165, 1.54) is 0 Å². The Kier molecular flexibility index (Phi) is 3.73. The Balaban J connectivity index is 2.16. The van der Waals surface area contributed by atoms with Crippen molar-refractivity contribution in [1.82, 2.24) is 15.0 Å². The van der Waals surface area contributed by atoms with Gasteiger partial charge in [0.05, 0.1) is 5.69 Å². The second-order valence-corrected chi connectivity index (χ2v) is 4.41. The van der Waals surface area contributed by atoms with Crippen LogP contribution in [0.1, 0.15) is 54.2 Å². The van der Waals surface area contributed by atoms with Crippen molar-refractivity contribution in [1.29, 1.82) is 0 Å². The fourth-order valence-electron chi connectivity index (χ4n) is 2.10. The highest BCUT2D eigenvalue weighted by atomic mass is 16.4. The lowest BCUT2D eigenvalue weighted by molar-refractivity contribution is 0.0687. The van der Waals surface area contributed by atoms with Crippen LogP contribution in [0.2, 0.25) is 0 Å². The Morgan fingerprint density at radius 3 is 2.71 bits per heavy atom. The molecule has 1 aromatic heterocycles. The number of nitrogens with zero attached hydrogens (tertiary/aromatic N) is 3. The molecule has 1 fully saturated rings. The molecule has 94 valence electrons. The molecule has 0 unspecified atom stereocenters. The highest BCUT2D eigenvalue weighted by molar-refractivity contribution is 5.86. The number of aromatic nitrogens is 3. The highest BCUT2D eigenvalue weighted by Crippen LogP contribution is 2.37. The molecule has 2 N–H and O–H groups in total. The van der Waals surface area contributed by atoms with Gasteiger partial charge in [0.2, 0.25) is 0 Å². The van der Waals surface area contributed by atoms with Gasteiger partial charge in [-0.3, -0.25) is 0 Å². The molecule has 6 nitrogen and oxygen atoms in total. The van der Waals surface area contributed by atoms with E-state index in [0.29, 0.717) is 18.9 Å². The van der Waals surface area contributed by atoms with Crippen LogP contribution >= 0.6 is 0 Å². The van der Waals surface area contributed by atoms with Gasteiger partial charge in [-0.25, -0.2) is 9.48 Å². The third kappa shape index (κ3) is 2.46. The Bertz CT molecular complexity index is 399. The quantitative estimate of drug-likeness (QED) is 0.723. The minimum Gasteiger partial charge on any atom is -0.476 e. The van der Waals surface area contributed by atoms with Gasteiger partial charge in [-0.2, -0.15) is 0 Å². The number of rotatable bonds is 6. The molecule has 0 bridgehead atoms. The van der Waals surface area contributed by atoms with Crippen LogP contribution in [0.15, 0.2) is 0 Å². The van der Waals surface area contributed by atoms with Crippen molar-refractivity contribution in [2.24, 2.45) is 0 Å². The Labute approximate surface area is 99.3 Å². The Morgan fingerprint density at radius 2 is 2.18 bits per heavy atom. The number of aliphatic hydroxyl groups excluding tert-OH is 1. The first-order valence-corrected chi connectivity index (χ1v) is 6.01. The molecule has 17 heavy (non-hydrogen) atoms. The number of aromatic carboxylic acids is 1. The largest absolute Gasteiger partial charge is 0.476 e. The van der Waals surface area contributed by atoms with Gasteiger partial charge in [-0.05, 0) is 25.7 Å². The van der Waals surface area contributed by atoms with Gasteiger partial charge in [0.25, 0.3) is 0 Å². The first kappa shape index (κ1) is 12.0. The van der Waals surface area contributed by atoms with Crippen molar-refractivity contribution in [3.05, 3.63) is 11.4 Å². The fourth-order valence-corrected chi connectivity index (χ4v) is 2.10. The molecule has 0 amide bonds. The number of aliphatic hydroxyl groups is 1. The maximum absolute atomic E-state index is 11.1. The van der Waals surface area contributed by atoms with Crippen LogP contribution < -0.4 is 0 Å². The molecule has 0 saturated heterocycles. The lowest BCUT2D eigenvalue weighted by Gasteiger charge is -2.26. The summed E-state index contributed by atoms with van der Waals surface area (Å²) in [5, 5.41) is 25.5. The predicted molar refractivity (Wildman–Crippen MR) is 59.9 cm³/mol. The standard InChI is InChI=1S/C11H17N3O3/c15-7-2-1-6-14-10(8-4-3-5-8)9(11(16)17)12-13-14/h8,15H,1-7H2,(H,16,17). The zero-order valence-corrected chi connectivity index (χ0v) is 9.67. The summed E-state index contributed by atoms with van der Waals surface area (Å²) >= 11 is 0. The number of carbonyl (C=O) groups is 1. The second kappa shape index (κ2) is 5.27. The number of hydrogen-bond acceptors (Lipinski definition) is 4. The van der Waals surface area contributed by atoms with Gasteiger partial charge in [0.15, 0.2) is 5.69 Å². The van der Waals surface area contributed by atoms with Crippen LogP contribution in [0.5, 0.6) is 0 Å². The third-order valence-corrected chi connectivity index (χ3v) is 3.25. The van der Waals surface area contributed by atoms with E-state index in [0.717, 1.165) is 31.4 Å². The zero-order valence-electron chi connectivity index (χ0n) is 9.67. The van der Waals surface area contributed by atoms with Gasteiger partial charge >= 0.3 is 5.97 Å². The van der Waals surface area contributed by atoms with Crippen LogP contribution in [-0.2, 0) is 6.54 Å². The SMILES string of the molecule is O=C(O)c1nnn(CCCCO)c1C1CCC1. The Hall–Kier alpha value is -1.43. The summed E-state index contributed by atoms with van der Waals surface area (Å²) in [6.07, 6.45) is 4.68. The van der Waals surface area contributed by atoms with E-state index in [1.807, 2.05) is 0 Å². The van der Waals surface area contributed by atoms with Crippen LogP contribution in [0.3, 0.4) is 0 Å². The maximum Gasteiger partial charge on any atom is 0.358 e. The molecule has 2 rings (SSSR count). The summed E-state index contributed by atoms with van der Waals surface area (Å²) in [6.45, 7) is 0.784. The van der Waals surface area contributed by atoms with Crippen molar-refractivity contribution in [2.45, 2.75) is 44.6 Å². The fraction of sp³-hybridized carbons (Fsp3) is 0.727. The van der Waals surface area contributed by atoms with E-state index < -0.39 is 5.97 Å². The molecule has 0 spiro atoms. The van der Waals surface area contributed by atoms with Crippen molar-refractivity contribution in [2.75, 3.05) is 6.61 Å². The van der Waals surface area contributed by atoms with E-state index >= 15 is 0 Å². The minimum absolute atomic E-state index is 0.0960. The van der Waals surface area contributed by atoms with Crippen molar-refractivity contribution in [3.63, 3.8) is 0 Å². The summed E-state index contributed by atoms with van der Waals surface area (Å²) in [5.41, 5.74) is 0.861. The molecule has 1 saturated carbocycles. The molecule has 0 radical (unpaired) electrons.